The number of nitro groups is 1. The molecule has 1 aliphatic rings. The quantitative estimate of drug-likeness (QED) is 0.380. The monoisotopic (exact) mass is 434 g/mol. The fraction of sp³-hybridized carbons (Fsp3) is 0.533. The van der Waals surface area contributed by atoms with Gasteiger partial charge < -0.3 is 10.6 Å². The van der Waals surface area contributed by atoms with E-state index in [0.29, 0.717) is 6.42 Å². The first-order valence-electron chi connectivity index (χ1n) is 8.44. The summed E-state index contributed by atoms with van der Waals surface area (Å²) in [5.41, 5.74) is -0.523. The van der Waals surface area contributed by atoms with Gasteiger partial charge in [-0.15, -0.1) is 0 Å². The van der Waals surface area contributed by atoms with Gasteiger partial charge in [0, 0.05) is 18.2 Å². The number of sulfone groups is 1. The molecule has 156 valence electrons. The number of carbonyl (C=O) groups excluding carboxylic acids is 1. The Balaban J connectivity index is 2.09. The normalized spacial score (nSPS) is 18.8. The predicted molar refractivity (Wildman–Crippen MR) is 102 cm³/mol. The topological polar surface area (TPSA) is 165 Å². The summed E-state index contributed by atoms with van der Waals surface area (Å²) in [6.07, 6.45) is 0.323. The Kier molecular flexibility index (Phi) is 6.62. The molecule has 11 nitrogen and oxygen atoms in total. The van der Waals surface area contributed by atoms with Crippen LogP contribution in [-0.4, -0.2) is 57.8 Å². The van der Waals surface area contributed by atoms with Crippen LogP contribution in [0.5, 0.6) is 0 Å². The molecule has 0 aliphatic carbocycles. The highest BCUT2D eigenvalue weighted by molar-refractivity contribution is 7.91. The van der Waals surface area contributed by atoms with Crippen LogP contribution in [0.25, 0.3) is 0 Å². The summed E-state index contributed by atoms with van der Waals surface area (Å²) in [7, 11) is -7.05. The van der Waals surface area contributed by atoms with E-state index in [1.54, 1.807) is 13.8 Å². The van der Waals surface area contributed by atoms with Gasteiger partial charge in [-0.3, -0.25) is 14.9 Å². The second-order valence-corrected chi connectivity index (χ2v) is 10.7. The molecule has 1 saturated heterocycles. The number of benzene rings is 1. The predicted octanol–water partition coefficient (Wildman–Crippen LogP) is -0.00330. The van der Waals surface area contributed by atoms with E-state index < -0.39 is 42.4 Å². The van der Waals surface area contributed by atoms with Crippen LogP contribution >= 0.6 is 0 Å². The molecular formula is C15H22N4O7S2. The Labute approximate surface area is 163 Å². The summed E-state index contributed by atoms with van der Waals surface area (Å²) >= 11 is 0. The van der Waals surface area contributed by atoms with Gasteiger partial charge in [-0.25, -0.2) is 21.6 Å². The van der Waals surface area contributed by atoms with Gasteiger partial charge in [0.2, 0.25) is 15.9 Å². The number of carbonyl (C=O) groups is 1. The van der Waals surface area contributed by atoms with Gasteiger partial charge in [-0.1, -0.05) is 0 Å². The van der Waals surface area contributed by atoms with Gasteiger partial charge in [0.05, 0.1) is 27.9 Å². The first-order chi connectivity index (χ1) is 12.9. The molecule has 0 bridgehead atoms. The van der Waals surface area contributed by atoms with Crippen LogP contribution in [-0.2, 0) is 24.7 Å². The third-order valence-electron chi connectivity index (χ3n) is 3.90. The van der Waals surface area contributed by atoms with Crippen molar-refractivity contribution in [1.82, 2.24) is 10.0 Å². The van der Waals surface area contributed by atoms with Gasteiger partial charge in [-0.05, 0) is 32.4 Å². The lowest BCUT2D eigenvalue weighted by Gasteiger charge is -2.13. The van der Waals surface area contributed by atoms with Gasteiger partial charge in [0.1, 0.15) is 5.69 Å². The molecule has 1 heterocycles. The smallest absolute Gasteiger partial charge is 0.293 e. The van der Waals surface area contributed by atoms with Crippen LogP contribution in [0.2, 0.25) is 0 Å². The zero-order valence-electron chi connectivity index (χ0n) is 15.3. The van der Waals surface area contributed by atoms with E-state index in [2.05, 4.69) is 15.4 Å². The fourth-order valence-corrected chi connectivity index (χ4v) is 5.66. The number of hydrogen-bond acceptors (Lipinski definition) is 8. The number of hydrogen-bond donors (Lipinski definition) is 3. The Morgan fingerprint density at radius 3 is 2.57 bits per heavy atom. The van der Waals surface area contributed by atoms with Crippen LogP contribution in [0.15, 0.2) is 23.1 Å². The van der Waals surface area contributed by atoms with Crippen molar-refractivity contribution in [2.45, 2.75) is 37.2 Å². The van der Waals surface area contributed by atoms with E-state index in [4.69, 9.17) is 0 Å². The Morgan fingerprint density at radius 2 is 2.04 bits per heavy atom. The van der Waals surface area contributed by atoms with Crippen LogP contribution in [0.3, 0.4) is 0 Å². The van der Waals surface area contributed by atoms with E-state index >= 15 is 0 Å². The molecule has 1 aliphatic heterocycles. The summed E-state index contributed by atoms with van der Waals surface area (Å²) in [5, 5.41) is 16.4. The number of nitrogens with zero attached hydrogens (tertiary/aromatic N) is 1. The molecule has 1 aromatic carbocycles. The lowest BCUT2D eigenvalue weighted by molar-refractivity contribution is -0.384. The number of nitrogens with one attached hydrogen (secondary N) is 3. The Bertz CT molecular complexity index is 974. The van der Waals surface area contributed by atoms with Gasteiger partial charge >= 0.3 is 0 Å². The van der Waals surface area contributed by atoms with E-state index in [9.17, 15) is 31.7 Å². The molecule has 2 rings (SSSR count). The molecule has 1 unspecified atom stereocenters. The van der Waals surface area contributed by atoms with E-state index in [-0.39, 0.29) is 34.7 Å². The summed E-state index contributed by atoms with van der Waals surface area (Å²) in [5.74, 6) is -0.638. The molecule has 1 fully saturated rings. The second-order valence-electron chi connectivity index (χ2n) is 6.73. The van der Waals surface area contributed by atoms with Crippen LogP contribution < -0.4 is 15.4 Å². The maximum Gasteiger partial charge on any atom is 0.293 e. The minimum absolute atomic E-state index is 0.0111. The number of nitro benzene ring substituents is 1. The van der Waals surface area contributed by atoms with Crippen molar-refractivity contribution in [3.05, 3.63) is 28.3 Å². The molecule has 13 heteroatoms. The van der Waals surface area contributed by atoms with Crippen molar-refractivity contribution in [3.63, 3.8) is 0 Å². The van der Waals surface area contributed by atoms with Crippen molar-refractivity contribution in [1.29, 1.82) is 0 Å². The number of amides is 1. The molecule has 0 saturated carbocycles. The zero-order valence-corrected chi connectivity index (χ0v) is 17.0. The number of rotatable bonds is 8. The maximum atomic E-state index is 12.2. The van der Waals surface area contributed by atoms with Crippen molar-refractivity contribution in [2.75, 3.05) is 23.4 Å². The molecule has 1 aromatic rings. The largest absolute Gasteiger partial charge is 0.371 e. The molecule has 0 spiro atoms. The minimum Gasteiger partial charge on any atom is -0.371 e. The van der Waals surface area contributed by atoms with E-state index in [0.717, 1.165) is 6.07 Å². The highest BCUT2D eigenvalue weighted by Gasteiger charge is 2.29. The highest BCUT2D eigenvalue weighted by Crippen LogP contribution is 2.27. The minimum atomic E-state index is -3.91. The molecule has 1 amide bonds. The summed E-state index contributed by atoms with van der Waals surface area (Å²) in [6.45, 7) is 2.92. The highest BCUT2D eigenvalue weighted by atomic mass is 32.2. The summed E-state index contributed by atoms with van der Waals surface area (Å²) in [6, 6.07) is 2.45. The molecule has 0 aromatic heterocycles. The van der Waals surface area contributed by atoms with Gasteiger partial charge in [0.15, 0.2) is 9.84 Å². The second kappa shape index (κ2) is 8.41. The fourth-order valence-electron chi connectivity index (χ4n) is 2.72. The first-order valence-corrected chi connectivity index (χ1v) is 11.7. The molecule has 1 atom stereocenters. The standard InChI is InChI=1S/C15H22N4O7S2/c1-10(2)18-28(25,26)12-3-4-13(14(7-12)19(21)22)16-8-15(20)17-11-5-6-27(23,24)9-11/h3-4,7,10-11,16,18H,5-6,8-9H2,1-2H3,(H,17,20). The van der Waals surface area contributed by atoms with Crippen molar-refractivity contribution in [3.8, 4) is 0 Å². The number of sulfonamides is 1. The third kappa shape index (κ3) is 5.87. The third-order valence-corrected chi connectivity index (χ3v) is 7.33. The lowest BCUT2D eigenvalue weighted by atomic mass is 10.2. The Morgan fingerprint density at radius 1 is 1.36 bits per heavy atom. The van der Waals surface area contributed by atoms with Crippen LogP contribution in [0, 0.1) is 10.1 Å². The lowest BCUT2D eigenvalue weighted by Crippen LogP contribution is -2.39. The van der Waals surface area contributed by atoms with E-state index in [1.807, 2.05) is 0 Å². The summed E-state index contributed by atoms with van der Waals surface area (Å²) < 4.78 is 49.5. The van der Waals surface area contributed by atoms with Crippen molar-refractivity contribution >= 4 is 37.1 Å². The average molecular weight is 434 g/mol. The summed E-state index contributed by atoms with van der Waals surface area (Å²) in [4.78, 5) is 22.3. The van der Waals surface area contributed by atoms with Gasteiger partial charge in [0.25, 0.3) is 5.69 Å². The SMILES string of the molecule is CC(C)NS(=O)(=O)c1ccc(NCC(=O)NC2CCS(=O)(=O)C2)c([N+](=O)[O-])c1. The van der Waals surface area contributed by atoms with Crippen LogP contribution in [0.1, 0.15) is 20.3 Å². The van der Waals surface area contributed by atoms with Crippen LogP contribution in [0.4, 0.5) is 11.4 Å². The molecule has 3 N–H and O–H groups in total. The maximum absolute atomic E-state index is 12.2. The molecule has 0 radical (unpaired) electrons. The average Bonchev–Trinajstić information content (AvgIpc) is 2.90. The molecular weight excluding hydrogens is 412 g/mol. The Hall–Kier alpha value is -2.25. The van der Waals surface area contributed by atoms with Crippen molar-refractivity contribution < 1.29 is 26.6 Å². The van der Waals surface area contributed by atoms with Crippen molar-refractivity contribution in [2.24, 2.45) is 0 Å². The zero-order chi connectivity index (χ0) is 21.1. The van der Waals surface area contributed by atoms with Gasteiger partial charge in [-0.2, -0.15) is 0 Å². The first kappa shape index (κ1) is 22.0. The number of anilines is 1. The molecule has 28 heavy (non-hydrogen) atoms. The van der Waals surface area contributed by atoms with E-state index in [1.165, 1.54) is 12.1 Å².